The van der Waals surface area contributed by atoms with Gasteiger partial charge in [-0.1, -0.05) is 0 Å². The Balaban J connectivity index is 1.54. The third-order valence-electron chi connectivity index (χ3n) is 5.80. The average Bonchev–Trinajstić information content (AvgIpc) is 3.16. The van der Waals surface area contributed by atoms with Crippen molar-refractivity contribution in [3.63, 3.8) is 0 Å². The number of carbonyl (C=O) groups excluding carboxylic acids is 1. The summed E-state index contributed by atoms with van der Waals surface area (Å²) in [6.07, 6.45) is 0. The highest BCUT2D eigenvalue weighted by Crippen LogP contribution is 2.36. The third kappa shape index (κ3) is 3.73. The van der Waals surface area contributed by atoms with E-state index in [-0.39, 0.29) is 5.91 Å². The molecule has 5 aromatic rings. The monoisotopic (exact) mass is 452 g/mol. The van der Waals surface area contributed by atoms with E-state index in [0.29, 0.717) is 22.6 Å². The van der Waals surface area contributed by atoms with Gasteiger partial charge in [-0.15, -0.1) is 0 Å². The molecule has 0 aliphatic rings. The Labute approximate surface area is 196 Å². The van der Waals surface area contributed by atoms with E-state index in [1.54, 1.807) is 32.4 Å². The smallest absolute Gasteiger partial charge is 0.255 e. The van der Waals surface area contributed by atoms with E-state index in [1.165, 1.54) is 0 Å². The first-order valence-corrected chi connectivity index (χ1v) is 10.7. The van der Waals surface area contributed by atoms with Crippen LogP contribution in [0, 0.1) is 0 Å². The number of nitrogens with two attached hydrogens (primary N) is 2. The fourth-order valence-corrected chi connectivity index (χ4v) is 4.22. The molecule has 1 aromatic heterocycles. The first-order chi connectivity index (χ1) is 16.5. The van der Waals surface area contributed by atoms with E-state index in [1.807, 2.05) is 60.7 Å². The second kappa shape index (κ2) is 8.37. The number of amides is 1. The fourth-order valence-electron chi connectivity index (χ4n) is 4.22. The van der Waals surface area contributed by atoms with Gasteiger partial charge in [0.25, 0.3) is 5.91 Å². The normalized spacial score (nSPS) is 11.0. The molecule has 0 saturated carbocycles. The van der Waals surface area contributed by atoms with Crippen molar-refractivity contribution >= 4 is 44.8 Å². The summed E-state index contributed by atoms with van der Waals surface area (Å²) in [5.41, 5.74) is 16.6. The summed E-state index contributed by atoms with van der Waals surface area (Å²) in [6.45, 7) is 0. The molecular formula is C27H24N4O3. The summed E-state index contributed by atoms with van der Waals surface area (Å²) < 4.78 is 13.1. The van der Waals surface area contributed by atoms with E-state index in [4.69, 9.17) is 20.9 Å². The molecule has 0 bridgehead atoms. The lowest BCUT2D eigenvalue weighted by Crippen LogP contribution is -2.12. The van der Waals surface area contributed by atoms with Gasteiger partial charge >= 0.3 is 0 Å². The Kier molecular flexibility index (Phi) is 5.22. The first kappa shape index (κ1) is 21.2. The van der Waals surface area contributed by atoms with Gasteiger partial charge < -0.3 is 30.8 Å². The highest BCUT2D eigenvalue weighted by Gasteiger charge is 2.14. The number of fused-ring (bicyclic) bond motifs is 3. The van der Waals surface area contributed by atoms with Crippen molar-refractivity contribution in [3.8, 4) is 17.2 Å². The molecule has 5 N–H and O–H groups in total. The molecule has 0 atom stereocenters. The predicted molar refractivity (Wildman–Crippen MR) is 137 cm³/mol. The van der Waals surface area contributed by atoms with Gasteiger partial charge in [-0.2, -0.15) is 0 Å². The van der Waals surface area contributed by atoms with Gasteiger partial charge in [-0.25, -0.2) is 0 Å². The van der Waals surface area contributed by atoms with Crippen LogP contribution in [0.4, 0.5) is 17.1 Å². The van der Waals surface area contributed by atoms with Gasteiger partial charge in [0, 0.05) is 39.1 Å². The average molecular weight is 453 g/mol. The van der Waals surface area contributed by atoms with Crippen molar-refractivity contribution in [2.75, 3.05) is 31.0 Å². The predicted octanol–water partition coefficient (Wildman–Crippen LogP) is 5.22. The molecule has 1 heterocycles. The van der Waals surface area contributed by atoms with E-state index in [0.717, 1.165) is 39.0 Å². The van der Waals surface area contributed by atoms with Crippen LogP contribution in [0.1, 0.15) is 10.4 Å². The van der Waals surface area contributed by atoms with Crippen LogP contribution in [0.2, 0.25) is 0 Å². The molecule has 7 nitrogen and oxygen atoms in total. The number of nitrogens with one attached hydrogen (secondary N) is 1. The number of carbonyl (C=O) groups is 1. The molecule has 170 valence electrons. The topological polar surface area (TPSA) is 105 Å². The zero-order valence-corrected chi connectivity index (χ0v) is 18.8. The first-order valence-electron chi connectivity index (χ1n) is 10.7. The maximum absolute atomic E-state index is 12.7. The summed E-state index contributed by atoms with van der Waals surface area (Å²) in [7, 11) is 3.32. The van der Waals surface area contributed by atoms with Crippen LogP contribution < -0.4 is 26.3 Å². The number of methoxy groups -OCH3 is 2. The highest BCUT2D eigenvalue weighted by molar-refractivity contribution is 6.10. The Morgan fingerprint density at radius 3 is 1.76 bits per heavy atom. The van der Waals surface area contributed by atoms with Crippen LogP contribution in [-0.2, 0) is 0 Å². The van der Waals surface area contributed by atoms with E-state index in [9.17, 15) is 4.79 Å². The maximum Gasteiger partial charge on any atom is 0.255 e. The number of aromatic nitrogens is 1. The van der Waals surface area contributed by atoms with Crippen LogP contribution in [0.25, 0.3) is 27.5 Å². The van der Waals surface area contributed by atoms with Crippen LogP contribution in [0.15, 0.2) is 78.9 Å². The zero-order valence-electron chi connectivity index (χ0n) is 18.8. The van der Waals surface area contributed by atoms with Crippen molar-refractivity contribution in [2.45, 2.75) is 0 Å². The number of hydrogen-bond donors (Lipinski definition) is 3. The zero-order chi connectivity index (χ0) is 23.8. The number of nitrogen functional groups attached to an aromatic ring is 2. The molecule has 5 rings (SSSR count). The largest absolute Gasteiger partial charge is 0.497 e. The second-order valence-corrected chi connectivity index (χ2v) is 7.99. The molecule has 0 aliphatic carbocycles. The summed E-state index contributed by atoms with van der Waals surface area (Å²) in [5, 5.41) is 5.02. The maximum atomic E-state index is 12.7. The van der Waals surface area contributed by atoms with Crippen molar-refractivity contribution in [2.24, 2.45) is 0 Å². The highest BCUT2D eigenvalue weighted by atomic mass is 16.5. The van der Waals surface area contributed by atoms with Gasteiger partial charge in [0.2, 0.25) is 0 Å². The molecule has 0 fully saturated rings. The van der Waals surface area contributed by atoms with Gasteiger partial charge in [0.15, 0.2) is 0 Å². The van der Waals surface area contributed by atoms with Crippen molar-refractivity contribution in [3.05, 3.63) is 84.4 Å². The van der Waals surface area contributed by atoms with Gasteiger partial charge in [0.1, 0.15) is 11.5 Å². The molecule has 1 amide bonds. The minimum atomic E-state index is -0.275. The number of ether oxygens (including phenoxy) is 2. The lowest BCUT2D eigenvalue weighted by molar-refractivity contribution is 0.102. The van der Waals surface area contributed by atoms with E-state index in [2.05, 4.69) is 9.88 Å². The van der Waals surface area contributed by atoms with Crippen LogP contribution in [-0.4, -0.2) is 24.7 Å². The molecule has 34 heavy (non-hydrogen) atoms. The van der Waals surface area contributed by atoms with Crippen LogP contribution in [0.5, 0.6) is 11.5 Å². The Hall–Kier alpha value is -4.65. The van der Waals surface area contributed by atoms with Crippen molar-refractivity contribution in [1.29, 1.82) is 0 Å². The lowest BCUT2D eigenvalue weighted by Gasteiger charge is -2.11. The fraction of sp³-hybridized carbons (Fsp3) is 0.0741. The van der Waals surface area contributed by atoms with Crippen molar-refractivity contribution in [1.82, 2.24) is 4.57 Å². The summed E-state index contributed by atoms with van der Waals surface area (Å²) in [6, 6.07) is 24.5. The molecule has 0 unspecified atom stereocenters. The summed E-state index contributed by atoms with van der Waals surface area (Å²) >= 11 is 0. The minimum absolute atomic E-state index is 0.275. The summed E-state index contributed by atoms with van der Waals surface area (Å²) in [4.78, 5) is 12.7. The molecule has 0 radical (unpaired) electrons. The number of rotatable bonds is 5. The molecular weight excluding hydrogens is 428 g/mol. The molecule has 0 aliphatic heterocycles. The molecule has 7 heteroatoms. The third-order valence-corrected chi connectivity index (χ3v) is 5.80. The second-order valence-electron chi connectivity index (χ2n) is 7.99. The Bertz CT molecular complexity index is 1460. The lowest BCUT2D eigenvalue weighted by atomic mass is 10.1. The number of nitrogens with zero attached hydrogens (tertiary/aromatic N) is 1. The number of anilines is 3. The van der Waals surface area contributed by atoms with Crippen LogP contribution >= 0.6 is 0 Å². The number of hydrogen-bond acceptors (Lipinski definition) is 5. The Morgan fingerprint density at radius 2 is 1.26 bits per heavy atom. The molecule has 0 spiro atoms. The summed E-state index contributed by atoms with van der Waals surface area (Å²) in [5.74, 6) is 1.30. The van der Waals surface area contributed by atoms with Crippen molar-refractivity contribution < 1.29 is 14.3 Å². The van der Waals surface area contributed by atoms with E-state index >= 15 is 0 Å². The number of benzene rings is 4. The van der Waals surface area contributed by atoms with Gasteiger partial charge in [-0.05, 0) is 78.9 Å². The minimum Gasteiger partial charge on any atom is -0.497 e. The molecule has 4 aromatic carbocycles. The van der Waals surface area contributed by atoms with E-state index < -0.39 is 0 Å². The molecule has 0 saturated heterocycles. The standard InChI is InChI=1S/C27H24N4O3/c1-33-21-7-9-25-23(14-21)24-15-22(34-2)8-10-26(24)31(25)20-5-3-19(4-6-20)30-27(32)16-11-17(28)13-18(29)12-16/h3-15H,28-29H2,1-2H3,(H,30,32). The quantitative estimate of drug-likeness (QED) is 0.317. The SMILES string of the molecule is COc1ccc2c(c1)c1cc(OC)ccc1n2-c1ccc(NC(=O)c2cc(N)cc(N)c2)cc1. The van der Waals surface area contributed by atoms with Gasteiger partial charge in [-0.3, -0.25) is 4.79 Å². The Morgan fingerprint density at radius 1 is 0.735 bits per heavy atom. The van der Waals surface area contributed by atoms with Crippen LogP contribution in [0.3, 0.4) is 0 Å². The van der Waals surface area contributed by atoms with Gasteiger partial charge in [0.05, 0.1) is 25.3 Å².